The lowest BCUT2D eigenvalue weighted by Crippen LogP contribution is -2.61. The molecule has 0 saturated carbocycles. The van der Waals surface area contributed by atoms with Crippen LogP contribution in [0.25, 0.3) is 0 Å². The smallest absolute Gasteiger partial charge is 0.306 e. The van der Waals surface area contributed by atoms with E-state index in [2.05, 4.69) is 86.8 Å². The molecule has 7 N–H and O–H groups in total. The van der Waals surface area contributed by atoms with Crippen LogP contribution in [-0.2, 0) is 33.2 Å². The minimum atomic E-state index is -1.72. The molecule has 0 radical (unpaired) electrons. The summed E-state index contributed by atoms with van der Waals surface area (Å²) in [5, 5.41) is 72.0. The molecule has 0 aromatic rings. The van der Waals surface area contributed by atoms with Crippen molar-refractivity contribution in [2.75, 3.05) is 33.0 Å². The summed E-state index contributed by atoms with van der Waals surface area (Å²) in [4.78, 5) is 13.0. The van der Waals surface area contributed by atoms with E-state index >= 15 is 0 Å². The van der Waals surface area contributed by atoms with Gasteiger partial charge in [-0.2, -0.15) is 0 Å². The Hall–Kier alpha value is -2.57. The van der Waals surface area contributed by atoms with E-state index in [1.54, 1.807) is 0 Å². The molecular weight excluding hydrogens is 837 g/mol. The highest BCUT2D eigenvalue weighted by molar-refractivity contribution is 5.69. The zero-order valence-corrected chi connectivity index (χ0v) is 39.4. The van der Waals surface area contributed by atoms with Crippen LogP contribution in [0.3, 0.4) is 0 Å². The Kier molecular flexibility index (Phi) is 34.6. The third-order valence-electron chi connectivity index (χ3n) is 11.2. The Labute approximate surface area is 389 Å². The second kappa shape index (κ2) is 38.4. The first kappa shape index (κ1) is 58.6. The Balaban J connectivity index is 1.82. The van der Waals surface area contributed by atoms with Crippen molar-refractivity contribution in [2.24, 2.45) is 0 Å². The fourth-order valence-electron chi connectivity index (χ4n) is 7.20. The number of ether oxygens (including phenoxy) is 6. The lowest BCUT2D eigenvalue weighted by molar-refractivity contribution is -0.332. The molecule has 11 atom stereocenters. The van der Waals surface area contributed by atoms with E-state index in [9.17, 15) is 40.5 Å². The minimum absolute atomic E-state index is 0.0164. The normalized spacial score (nSPS) is 27.2. The molecule has 11 unspecified atom stereocenters. The second-order valence-corrected chi connectivity index (χ2v) is 16.9. The van der Waals surface area contributed by atoms with Gasteiger partial charge in [-0.3, -0.25) is 4.79 Å². The van der Waals surface area contributed by atoms with E-state index in [-0.39, 0.29) is 19.6 Å². The van der Waals surface area contributed by atoms with Crippen molar-refractivity contribution in [3.8, 4) is 0 Å². The van der Waals surface area contributed by atoms with Gasteiger partial charge in [-0.15, -0.1) is 0 Å². The molecule has 2 rings (SSSR count). The second-order valence-electron chi connectivity index (χ2n) is 16.9. The van der Waals surface area contributed by atoms with Crippen molar-refractivity contribution in [3.63, 3.8) is 0 Å². The zero-order valence-electron chi connectivity index (χ0n) is 39.4. The lowest BCUT2D eigenvalue weighted by Gasteiger charge is -2.42. The van der Waals surface area contributed by atoms with E-state index in [4.69, 9.17) is 28.4 Å². The number of hydrogen-bond acceptors (Lipinski definition) is 14. The SMILES string of the molecule is CC/C=C\C/C=C\C/C=C\C/C=C\CCCOCC(COC1OC(COC2OC(CO)C(O)C(O)C2O)C(O)C(O)C1O)OC(=O)CCCCCCCCC/C=C\C/C=C\CCCCC. The number of allylic oxidation sites excluding steroid dienone is 12. The van der Waals surface area contributed by atoms with E-state index in [0.29, 0.717) is 13.0 Å². The van der Waals surface area contributed by atoms with Gasteiger partial charge in [0.1, 0.15) is 54.9 Å². The van der Waals surface area contributed by atoms with Crippen molar-refractivity contribution in [2.45, 2.75) is 210 Å². The van der Waals surface area contributed by atoms with E-state index in [1.165, 1.54) is 38.5 Å². The molecule has 374 valence electrons. The number of hydrogen-bond donors (Lipinski definition) is 7. The van der Waals surface area contributed by atoms with Crippen LogP contribution in [0.4, 0.5) is 0 Å². The summed E-state index contributed by atoms with van der Waals surface area (Å²) in [6.45, 7) is 3.36. The van der Waals surface area contributed by atoms with Gasteiger partial charge >= 0.3 is 5.97 Å². The number of unbranched alkanes of at least 4 members (excludes halogenated alkanes) is 11. The van der Waals surface area contributed by atoms with Crippen LogP contribution in [0.2, 0.25) is 0 Å². The first-order valence-electron chi connectivity index (χ1n) is 24.5. The summed E-state index contributed by atoms with van der Waals surface area (Å²) < 4.78 is 34.1. The Morgan fingerprint density at radius 2 is 1.00 bits per heavy atom. The Morgan fingerprint density at radius 3 is 1.57 bits per heavy atom. The average molecular weight is 923 g/mol. The van der Waals surface area contributed by atoms with Gasteiger partial charge in [-0.1, -0.05) is 132 Å². The molecule has 0 amide bonds. The summed E-state index contributed by atoms with van der Waals surface area (Å²) in [7, 11) is 0. The summed E-state index contributed by atoms with van der Waals surface area (Å²) in [5.41, 5.74) is 0. The maximum atomic E-state index is 13.0. The summed E-state index contributed by atoms with van der Waals surface area (Å²) in [6, 6.07) is 0. The number of carbonyl (C=O) groups is 1. The maximum absolute atomic E-state index is 13.0. The number of aliphatic hydroxyl groups is 7. The third-order valence-corrected chi connectivity index (χ3v) is 11.2. The van der Waals surface area contributed by atoms with Gasteiger partial charge in [-0.25, -0.2) is 0 Å². The van der Waals surface area contributed by atoms with E-state index in [1.807, 2.05) is 0 Å². The molecule has 2 aliphatic rings. The molecule has 2 heterocycles. The molecule has 65 heavy (non-hydrogen) atoms. The molecule has 0 aliphatic carbocycles. The molecule has 0 aromatic carbocycles. The minimum Gasteiger partial charge on any atom is -0.457 e. The van der Waals surface area contributed by atoms with Crippen LogP contribution in [0.1, 0.15) is 142 Å². The first-order valence-corrected chi connectivity index (χ1v) is 24.5. The van der Waals surface area contributed by atoms with Crippen LogP contribution in [-0.4, -0.2) is 142 Å². The van der Waals surface area contributed by atoms with E-state index in [0.717, 1.165) is 77.0 Å². The Morgan fingerprint density at radius 1 is 0.523 bits per heavy atom. The van der Waals surface area contributed by atoms with Gasteiger partial charge < -0.3 is 64.2 Å². The standard InChI is InChI=1S/C51H86O14/c1-3-5-7-9-11-13-15-17-19-20-21-22-24-26-28-30-32-34-43(53)63-40(37-60-35-33-31-29-27-25-23-18-16-14-12-10-8-6-4-2)38-61-50-49(59)47(57)45(55)42(65-50)39-62-51-48(58)46(56)44(54)41(36-52)64-51/h6,8,11-14,17-19,23,27,29,40-42,44-52,54-59H,3-5,7,9-10,15-16,20-22,24-26,28,30-39H2,1-2H3/b8-6-,13-11-,14-12-,19-17-,23-18-,29-27-. The van der Waals surface area contributed by atoms with Gasteiger partial charge in [0.05, 0.1) is 26.4 Å². The summed E-state index contributed by atoms with van der Waals surface area (Å²) in [6.07, 6.45) is 29.8. The first-order chi connectivity index (χ1) is 31.6. The zero-order chi connectivity index (χ0) is 47.3. The average Bonchev–Trinajstić information content (AvgIpc) is 3.30. The third kappa shape index (κ3) is 26.5. The van der Waals surface area contributed by atoms with Crippen LogP contribution >= 0.6 is 0 Å². The van der Waals surface area contributed by atoms with Gasteiger partial charge in [0.2, 0.25) is 0 Å². The molecule has 14 heteroatoms. The molecule has 2 saturated heterocycles. The van der Waals surface area contributed by atoms with Crippen LogP contribution in [0, 0.1) is 0 Å². The topological polar surface area (TPSA) is 214 Å². The molecule has 2 aliphatic heterocycles. The quantitative estimate of drug-likeness (QED) is 0.0196. The van der Waals surface area contributed by atoms with Gasteiger partial charge in [-0.05, 0) is 77.0 Å². The number of carbonyl (C=O) groups excluding carboxylic acids is 1. The molecule has 0 bridgehead atoms. The number of rotatable bonds is 37. The predicted molar refractivity (Wildman–Crippen MR) is 252 cm³/mol. The summed E-state index contributed by atoms with van der Waals surface area (Å²) in [5.74, 6) is -0.407. The highest BCUT2D eigenvalue weighted by Gasteiger charge is 2.47. The number of esters is 1. The van der Waals surface area contributed by atoms with Gasteiger partial charge in [0.25, 0.3) is 0 Å². The molecule has 0 spiro atoms. The fourth-order valence-corrected chi connectivity index (χ4v) is 7.20. The predicted octanol–water partition coefficient (Wildman–Crippen LogP) is 6.73. The monoisotopic (exact) mass is 923 g/mol. The summed E-state index contributed by atoms with van der Waals surface area (Å²) >= 11 is 0. The lowest BCUT2D eigenvalue weighted by atomic mass is 9.98. The van der Waals surface area contributed by atoms with Crippen molar-refractivity contribution >= 4 is 5.97 Å². The fraction of sp³-hybridized carbons (Fsp3) is 0.745. The van der Waals surface area contributed by atoms with Crippen molar-refractivity contribution in [1.29, 1.82) is 0 Å². The van der Waals surface area contributed by atoms with Gasteiger partial charge in [0.15, 0.2) is 12.6 Å². The molecule has 2 fully saturated rings. The van der Waals surface area contributed by atoms with Crippen molar-refractivity contribution in [3.05, 3.63) is 72.9 Å². The van der Waals surface area contributed by atoms with Gasteiger partial charge in [0, 0.05) is 13.0 Å². The van der Waals surface area contributed by atoms with Crippen molar-refractivity contribution < 1.29 is 69.0 Å². The van der Waals surface area contributed by atoms with Crippen LogP contribution in [0.15, 0.2) is 72.9 Å². The van der Waals surface area contributed by atoms with E-state index < -0.39 is 86.7 Å². The Bertz CT molecular complexity index is 1350. The highest BCUT2D eigenvalue weighted by Crippen LogP contribution is 2.26. The van der Waals surface area contributed by atoms with Crippen LogP contribution < -0.4 is 0 Å². The molecular formula is C51H86O14. The highest BCUT2D eigenvalue weighted by atomic mass is 16.7. The molecule has 14 nitrogen and oxygen atoms in total. The molecule has 0 aromatic heterocycles. The van der Waals surface area contributed by atoms with Crippen molar-refractivity contribution in [1.82, 2.24) is 0 Å². The van der Waals surface area contributed by atoms with Crippen LogP contribution in [0.5, 0.6) is 0 Å². The largest absolute Gasteiger partial charge is 0.457 e. The maximum Gasteiger partial charge on any atom is 0.306 e. The number of aliphatic hydroxyl groups excluding tert-OH is 7.